The summed E-state index contributed by atoms with van der Waals surface area (Å²) in [5.74, 6) is 5.08. The maximum atomic E-state index is 12.8. The zero-order valence-corrected chi connectivity index (χ0v) is 29.5. The Morgan fingerprint density at radius 3 is 2.53 bits per heavy atom. The molecule has 3 saturated carbocycles. The third-order valence-corrected chi connectivity index (χ3v) is 13.4. The second-order valence-corrected chi connectivity index (χ2v) is 16.7. The van der Waals surface area contributed by atoms with Crippen LogP contribution in [0.2, 0.25) is 0 Å². The summed E-state index contributed by atoms with van der Waals surface area (Å²) in [6, 6.07) is 0. The van der Waals surface area contributed by atoms with Crippen molar-refractivity contribution in [3.63, 3.8) is 0 Å². The first-order chi connectivity index (χ1) is 21.6. The largest absolute Gasteiger partial charge is 0.462 e. The first-order valence-corrected chi connectivity index (χ1v) is 19.1. The second kappa shape index (κ2) is 15.7. The molecule has 1 amide bonds. The Hall–Kier alpha value is -1.40. The second-order valence-electron chi connectivity index (χ2n) is 16.7. The molecule has 6 heteroatoms. The van der Waals surface area contributed by atoms with E-state index >= 15 is 0 Å². The standard InChI is InChI=1S/C39H66N2O4/c1-28(2)9-8-10-29(3)33-15-16-34-32-14-13-30-27-31(17-19-38(30,4)35(32)18-20-39(33,34)5)45-37(43)12-7-6-11-36(42)40-21-22-41-23-25-44-26-24-41/h13,28-29,31-35H,6-12,14-27H2,1-5H3,(H,40,42)/t29-,31+,32?,33?,34+,35?,38?,39?/m1/s1. The Kier molecular flexibility index (Phi) is 12.2. The van der Waals surface area contributed by atoms with E-state index in [1.165, 1.54) is 51.4 Å². The van der Waals surface area contributed by atoms with Gasteiger partial charge in [0, 0.05) is 45.4 Å². The number of nitrogens with one attached hydrogen (secondary N) is 1. The lowest BCUT2D eigenvalue weighted by Crippen LogP contribution is -2.51. The van der Waals surface area contributed by atoms with Gasteiger partial charge in [0.25, 0.3) is 0 Å². The summed E-state index contributed by atoms with van der Waals surface area (Å²) in [4.78, 5) is 27.3. The first kappa shape index (κ1) is 34.9. The van der Waals surface area contributed by atoms with Crippen molar-refractivity contribution in [3.8, 4) is 0 Å². The summed E-state index contributed by atoms with van der Waals surface area (Å²) in [5.41, 5.74) is 2.39. The zero-order valence-electron chi connectivity index (χ0n) is 29.5. The summed E-state index contributed by atoms with van der Waals surface area (Å²) in [5, 5.41) is 3.02. The minimum atomic E-state index is -0.0847. The predicted molar refractivity (Wildman–Crippen MR) is 182 cm³/mol. The Bertz CT molecular complexity index is 1020. The molecule has 256 valence electrons. The van der Waals surface area contributed by atoms with Crippen LogP contribution in [-0.4, -0.2) is 62.3 Å². The Labute approximate surface area is 275 Å². The SMILES string of the molecule is CC(C)CCC[C@@H](C)C1CC[C@H]2C3CC=C4C[C@@H](OC(=O)CCCCC(=O)NCCN5CCOCC5)CCC4(C)C3CCC12C. The molecule has 1 aliphatic heterocycles. The summed E-state index contributed by atoms with van der Waals surface area (Å²) in [6.45, 7) is 17.5. The van der Waals surface area contributed by atoms with Crippen LogP contribution < -0.4 is 5.32 Å². The predicted octanol–water partition coefficient (Wildman–Crippen LogP) is 7.95. The molecule has 5 unspecified atom stereocenters. The van der Waals surface area contributed by atoms with Gasteiger partial charge in [0.05, 0.1) is 13.2 Å². The van der Waals surface area contributed by atoms with Crippen LogP contribution in [0.15, 0.2) is 11.6 Å². The maximum Gasteiger partial charge on any atom is 0.306 e. The summed E-state index contributed by atoms with van der Waals surface area (Å²) < 4.78 is 11.4. The van der Waals surface area contributed by atoms with Crippen LogP contribution in [0.4, 0.5) is 0 Å². The smallest absolute Gasteiger partial charge is 0.306 e. The number of amides is 1. The highest BCUT2D eigenvalue weighted by molar-refractivity contribution is 5.76. The number of allylic oxidation sites excluding steroid dienone is 1. The van der Waals surface area contributed by atoms with E-state index in [-0.39, 0.29) is 23.4 Å². The van der Waals surface area contributed by atoms with Gasteiger partial charge in [-0.05, 0) is 104 Å². The number of nitrogens with zero attached hydrogens (tertiary/aromatic N) is 1. The zero-order chi connectivity index (χ0) is 32.0. The van der Waals surface area contributed by atoms with Crippen LogP contribution in [0, 0.1) is 46.3 Å². The number of morpholine rings is 1. The number of hydrogen-bond acceptors (Lipinski definition) is 5. The highest BCUT2D eigenvalue weighted by atomic mass is 16.5. The maximum absolute atomic E-state index is 12.8. The summed E-state index contributed by atoms with van der Waals surface area (Å²) in [7, 11) is 0. The molecule has 8 atom stereocenters. The minimum absolute atomic E-state index is 0.0215. The fraction of sp³-hybridized carbons (Fsp3) is 0.897. The van der Waals surface area contributed by atoms with E-state index in [1.54, 1.807) is 5.57 Å². The monoisotopic (exact) mass is 627 g/mol. The van der Waals surface area contributed by atoms with Crippen molar-refractivity contribution in [1.82, 2.24) is 10.2 Å². The molecular formula is C39H66N2O4. The number of carbonyl (C=O) groups is 2. The van der Waals surface area contributed by atoms with E-state index in [2.05, 4.69) is 50.9 Å². The van der Waals surface area contributed by atoms with Gasteiger partial charge >= 0.3 is 5.97 Å². The lowest BCUT2D eigenvalue weighted by molar-refractivity contribution is -0.151. The van der Waals surface area contributed by atoms with Gasteiger partial charge in [0.15, 0.2) is 0 Å². The molecule has 0 aromatic rings. The van der Waals surface area contributed by atoms with Crippen molar-refractivity contribution in [2.75, 3.05) is 39.4 Å². The van der Waals surface area contributed by atoms with E-state index < -0.39 is 0 Å². The Morgan fingerprint density at radius 2 is 1.76 bits per heavy atom. The quantitative estimate of drug-likeness (QED) is 0.120. The molecule has 4 fully saturated rings. The van der Waals surface area contributed by atoms with Crippen molar-refractivity contribution in [2.24, 2.45) is 46.3 Å². The average Bonchev–Trinajstić information content (AvgIpc) is 3.37. The molecule has 1 heterocycles. The van der Waals surface area contributed by atoms with Gasteiger partial charge in [0.2, 0.25) is 5.91 Å². The van der Waals surface area contributed by atoms with Gasteiger partial charge in [-0.3, -0.25) is 14.5 Å². The molecule has 1 saturated heterocycles. The number of hydrogen-bond donors (Lipinski definition) is 1. The highest BCUT2D eigenvalue weighted by Crippen LogP contribution is 2.67. The van der Waals surface area contributed by atoms with Gasteiger partial charge in [-0.15, -0.1) is 0 Å². The molecular weight excluding hydrogens is 560 g/mol. The van der Waals surface area contributed by atoms with E-state index in [0.29, 0.717) is 31.2 Å². The van der Waals surface area contributed by atoms with Crippen LogP contribution >= 0.6 is 0 Å². The molecule has 6 nitrogen and oxygen atoms in total. The Morgan fingerprint density at radius 1 is 0.978 bits per heavy atom. The van der Waals surface area contributed by atoms with Crippen LogP contribution in [0.5, 0.6) is 0 Å². The van der Waals surface area contributed by atoms with Crippen LogP contribution in [0.25, 0.3) is 0 Å². The van der Waals surface area contributed by atoms with Gasteiger partial charge in [-0.25, -0.2) is 0 Å². The molecule has 0 radical (unpaired) electrons. The van der Waals surface area contributed by atoms with Gasteiger partial charge in [0.1, 0.15) is 6.10 Å². The molecule has 0 aromatic carbocycles. The van der Waals surface area contributed by atoms with Gasteiger partial charge in [-0.2, -0.15) is 0 Å². The normalized spacial score (nSPS) is 35.6. The number of unbranched alkanes of at least 4 members (excludes halogenated alkanes) is 1. The van der Waals surface area contributed by atoms with Crippen LogP contribution in [0.3, 0.4) is 0 Å². The van der Waals surface area contributed by atoms with Gasteiger partial charge < -0.3 is 14.8 Å². The molecule has 4 aliphatic carbocycles. The van der Waals surface area contributed by atoms with Crippen molar-refractivity contribution in [1.29, 1.82) is 0 Å². The lowest BCUT2D eigenvalue weighted by Gasteiger charge is -2.58. The average molecular weight is 627 g/mol. The third kappa shape index (κ3) is 8.37. The van der Waals surface area contributed by atoms with E-state index in [0.717, 1.165) is 94.0 Å². The van der Waals surface area contributed by atoms with E-state index in [9.17, 15) is 9.59 Å². The minimum Gasteiger partial charge on any atom is -0.462 e. The number of esters is 1. The molecule has 45 heavy (non-hydrogen) atoms. The molecule has 1 N–H and O–H groups in total. The fourth-order valence-electron chi connectivity index (χ4n) is 10.8. The van der Waals surface area contributed by atoms with Crippen molar-refractivity contribution in [3.05, 3.63) is 11.6 Å². The lowest BCUT2D eigenvalue weighted by atomic mass is 9.47. The number of fused-ring (bicyclic) bond motifs is 5. The molecule has 0 bridgehead atoms. The summed E-state index contributed by atoms with van der Waals surface area (Å²) in [6.07, 6.45) is 19.1. The van der Waals surface area contributed by atoms with E-state index in [1.807, 2.05) is 0 Å². The molecule has 0 spiro atoms. The molecule has 0 aromatic heterocycles. The Balaban J connectivity index is 1.04. The van der Waals surface area contributed by atoms with Crippen molar-refractivity contribution in [2.45, 2.75) is 137 Å². The van der Waals surface area contributed by atoms with Crippen LogP contribution in [-0.2, 0) is 19.1 Å². The topological polar surface area (TPSA) is 67.9 Å². The number of rotatable bonds is 14. The molecule has 5 rings (SSSR count). The van der Waals surface area contributed by atoms with Crippen LogP contribution in [0.1, 0.15) is 131 Å². The number of carbonyl (C=O) groups excluding carboxylic acids is 2. The van der Waals surface area contributed by atoms with Crippen molar-refractivity contribution >= 4 is 11.9 Å². The first-order valence-electron chi connectivity index (χ1n) is 19.1. The molecule has 5 aliphatic rings. The number of ether oxygens (including phenoxy) is 2. The summed E-state index contributed by atoms with van der Waals surface area (Å²) >= 11 is 0. The van der Waals surface area contributed by atoms with Gasteiger partial charge in [-0.1, -0.05) is 65.5 Å². The fourth-order valence-corrected chi connectivity index (χ4v) is 10.8. The van der Waals surface area contributed by atoms with Crippen molar-refractivity contribution < 1.29 is 19.1 Å². The highest BCUT2D eigenvalue weighted by Gasteiger charge is 2.59. The van der Waals surface area contributed by atoms with E-state index in [4.69, 9.17) is 9.47 Å². The third-order valence-electron chi connectivity index (χ3n) is 13.4.